The predicted molar refractivity (Wildman–Crippen MR) is 70.8 cm³/mol. The summed E-state index contributed by atoms with van der Waals surface area (Å²) < 4.78 is 5.08. The summed E-state index contributed by atoms with van der Waals surface area (Å²) in [6, 6.07) is 7.81. The smallest absolute Gasteiger partial charge is 0.303 e. The van der Waals surface area contributed by atoms with Crippen LogP contribution in [0.3, 0.4) is 0 Å². The molecule has 4 heteroatoms. The monoisotopic (exact) mass is 254 g/mol. The van der Waals surface area contributed by atoms with E-state index < -0.39 is 5.97 Å². The normalized spacial score (nSPS) is 12.1. The Hall–Kier alpha value is -1.16. The lowest BCUT2D eigenvalue weighted by molar-refractivity contribution is -0.137. The average molecular weight is 254 g/mol. The number of aliphatic carboxylic acids is 1. The molecule has 17 heavy (non-hydrogen) atoms. The van der Waals surface area contributed by atoms with E-state index in [1.165, 1.54) is 0 Å². The number of unbranched alkanes of at least 4 members (excludes halogenated alkanes) is 1. The number of hydrogen-bond donors (Lipinski definition) is 2. The molecular formula is C13H18O3S. The lowest BCUT2D eigenvalue weighted by atomic mass is 10.1. The van der Waals surface area contributed by atoms with Gasteiger partial charge in [0.2, 0.25) is 0 Å². The number of methoxy groups -OCH3 is 1. The zero-order valence-electron chi connectivity index (χ0n) is 9.93. The summed E-state index contributed by atoms with van der Waals surface area (Å²) >= 11 is 4.52. The maximum absolute atomic E-state index is 10.4. The second-order valence-corrected chi connectivity index (χ2v) is 4.55. The maximum Gasteiger partial charge on any atom is 0.303 e. The van der Waals surface area contributed by atoms with Gasteiger partial charge in [-0.25, -0.2) is 0 Å². The maximum atomic E-state index is 10.4. The number of rotatable bonds is 7. The molecule has 0 radical (unpaired) electrons. The zero-order chi connectivity index (χ0) is 12.7. The number of benzene rings is 1. The first kappa shape index (κ1) is 13.9. The van der Waals surface area contributed by atoms with Crippen molar-refractivity contribution in [2.24, 2.45) is 0 Å². The standard InChI is InChI=1S/C13H18O3S/c1-16-11-8-6-10(7-9-11)12(17)4-2-3-5-13(14)15/h6-9,12,17H,2-5H2,1H3,(H,14,15). The van der Waals surface area contributed by atoms with Gasteiger partial charge in [0.25, 0.3) is 0 Å². The van der Waals surface area contributed by atoms with Crippen LogP contribution < -0.4 is 4.74 Å². The molecule has 0 heterocycles. The van der Waals surface area contributed by atoms with E-state index in [1.54, 1.807) is 7.11 Å². The Morgan fingerprint density at radius 1 is 1.35 bits per heavy atom. The lowest BCUT2D eigenvalue weighted by Gasteiger charge is -2.11. The third-order valence-electron chi connectivity index (χ3n) is 2.62. The van der Waals surface area contributed by atoms with Gasteiger partial charge in [-0.1, -0.05) is 18.6 Å². The minimum absolute atomic E-state index is 0.162. The summed E-state index contributed by atoms with van der Waals surface area (Å²) in [5.41, 5.74) is 1.14. The van der Waals surface area contributed by atoms with Crippen LogP contribution in [0.2, 0.25) is 0 Å². The van der Waals surface area contributed by atoms with Gasteiger partial charge in [0, 0.05) is 11.7 Å². The van der Waals surface area contributed by atoms with Gasteiger partial charge >= 0.3 is 5.97 Å². The fourth-order valence-corrected chi connectivity index (χ4v) is 1.96. The molecule has 0 bridgehead atoms. The Morgan fingerprint density at radius 3 is 2.53 bits per heavy atom. The summed E-state index contributed by atoms with van der Waals surface area (Å²) in [4.78, 5) is 10.4. The second kappa shape index (κ2) is 7.22. The number of ether oxygens (including phenoxy) is 1. The second-order valence-electron chi connectivity index (χ2n) is 3.93. The van der Waals surface area contributed by atoms with E-state index in [0.29, 0.717) is 6.42 Å². The van der Waals surface area contributed by atoms with Crippen LogP contribution in [0, 0.1) is 0 Å². The molecule has 3 nitrogen and oxygen atoms in total. The van der Waals surface area contributed by atoms with Crippen LogP contribution in [-0.4, -0.2) is 18.2 Å². The number of hydrogen-bond acceptors (Lipinski definition) is 3. The van der Waals surface area contributed by atoms with E-state index in [-0.39, 0.29) is 11.7 Å². The van der Waals surface area contributed by atoms with Gasteiger partial charge in [0.05, 0.1) is 7.11 Å². The SMILES string of the molecule is COc1ccc(C(S)CCCCC(=O)O)cc1. The number of carboxylic acids is 1. The van der Waals surface area contributed by atoms with Gasteiger partial charge in [-0.15, -0.1) is 0 Å². The van der Waals surface area contributed by atoms with Crippen LogP contribution in [-0.2, 0) is 4.79 Å². The molecule has 94 valence electrons. The van der Waals surface area contributed by atoms with Crippen molar-refractivity contribution in [2.45, 2.75) is 30.9 Å². The van der Waals surface area contributed by atoms with Crippen LogP contribution in [0.5, 0.6) is 5.75 Å². The van der Waals surface area contributed by atoms with Gasteiger partial charge in [0.15, 0.2) is 0 Å². The molecule has 0 saturated carbocycles. The molecule has 1 rings (SSSR count). The topological polar surface area (TPSA) is 46.5 Å². The molecule has 1 atom stereocenters. The van der Waals surface area contributed by atoms with Gasteiger partial charge in [-0.3, -0.25) is 4.79 Å². The van der Waals surface area contributed by atoms with E-state index in [4.69, 9.17) is 9.84 Å². The molecule has 0 spiro atoms. The largest absolute Gasteiger partial charge is 0.497 e. The van der Waals surface area contributed by atoms with Crippen molar-refractivity contribution in [3.8, 4) is 5.75 Å². The number of thiol groups is 1. The van der Waals surface area contributed by atoms with E-state index in [1.807, 2.05) is 24.3 Å². The van der Waals surface area contributed by atoms with E-state index in [9.17, 15) is 4.79 Å². The van der Waals surface area contributed by atoms with Crippen molar-refractivity contribution < 1.29 is 14.6 Å². The molecular weight excluding hydrogens is 236 g/mol. The Bertz CT molecular complexity index is 348. The van der Waals surface area contributed by atoms with E-state index in [2.05, 4.69) is 12.6 Å². The molecule has 1 aromatic rings. The summed E-state index contributed by atoms with van der Waals surface area (Å²) in [5, 5.41) is 8.68. The number of carbonyl (C=O) groups is 1. The van der Waals surface area contributed by atoms with Crippen molar-refractivity contribution in [3.05, 3.63) is 29.8 Å². The Kier molecular flexibility index (Phi) is 5.91. The summed E-state index contributed by atoms with van der Waals surface area (Å²) in [7, 11) is 1.64. The van der Waals surface area contributed by atoms with E-state index >= 15 is 0 Å². The van der Waals surface area contributed by atoms with Crippen molar-refractivity contribution in [3.63, 3.8) is 0 Å². The zero-order valence-corrected chi connectivity index (χ0v) is 10.8. The Balaban J connectivity index is 2.35. The summed E-state index contributed by atoms with van der Waals surface area (Å²) in [6.45, 7) is 0. The molecule has 0 aromatic heterocycles. The molecule has 1 aromatic carbocycles. The first-order valence-corrected chi connectivity index (χ1v) is 6.19. The molecule has 0 fully saturated rings. The lowest BCUT2D eigenvalue weighted by Crippen LogP contribution is -1.96. The third kappa shape index (κ3) is 5.13. The fraction of sp³-hybridized carbons (Fsp3) is 0.462. The highest BCUT2D eigenvalue weighted by atomic mass is 32.1. The fourth-order valence-electron chi connectivity index (χ4n) is 1.61. The highest BCUT2D eigenvalue weighted by Gasteiger charge is 2.07. The highest BCUT2D eigenvalue weighted by Crippen LogP contribution is 2.27. The average Bonchev–Trinajstić information content (AvgIpc) is 2.34. The van der Waals surface area contributed by atoms with Crippen LogP contribution in [0.25, 0.3) is 0 Å². The first-order valence-electron chi connectivity index (χ1n) is 5.67. The Morgan fingerprint density at radius 2 is 2.00 bits per heavy atom. The van der Waals surface area contributed by atoms with Crippen molar-refractivity contribution >= 4 is 18.6 Å². The van der Waals surface area contributed by atoms with E-state index in [0.717, 1.165) is 24.2 Å². The van der Waals surface area contributed by atoms with Crippen molar-refractivity contribution in [2.75, 3.05) is 7.11 Å². The summed E-state index contributed by atoms with van der Waals surface area (Å²) in [6.07, 6.45) is 2.72. The highest BCUT2D eigenvalue weighted by molar-refractivity contribution is 7.80. The van der Waals surface area contributed by atoms with Crippen molar-refractivity contribution in [1.82, 2.24) is 0 Å². The molecule has 0 saturated heterocycles. The van der Waals surface area contributed by atoms with Gasteiger partial charge < -0.3 is 9.84 Å². The molecule has 0 aliphatic carbocycles. The molecule has 1 N–H and O–H groups in total. The Labute approximate surface area is 107 Å². The molecule has 1 unspecified atom stereocenters. The van der Waals surface area contributed by atoms with Crippen LogP contribution in [0.4, 0.5) is 0 Å². The first-order chi connectivity index (χ1) is 8.13. The van der Waals surface area contributed by atoms with Gasteiger partial charge in [-0.2, -0.15) is 12.6 Å². The summed E-state index contributed by atoms with van der Waals surface area (Å²) in [5.74, 6) is 0.102. The third-order valence-corrected chi connectivity index (χ3v) is 3.18. The predicted octanol–water partition coefficient (Wildman–Crippen LogP) is 3.31. The molecule has 0 amide bonds. The minimum atomic E-state index is -0.731. The van der Waals surface area contributed by atoms with Crippen LogP contribution >= 0.6 is 12.6 Å². The number of carboxylic acid groups (broad SMARTS) is 1. The van der Waals surface area contributed by atoms with Gasteiger partial charge in [0.1, 0.15) is 5.75 Å². The minimum Gasteiger partial charge on any atom is -0.497 e. The van der Waals surface area contributed by atoms with Crippen LogP contribution in [0.15, 0.2) is 24.3 Å². The van der Waals surface area contributed by atoms with Crippen LogP contribution in [0.1, 0.15) is 36.5 Å². The quantitative estimate of drug-likeness (QED) is 0.579. The van der Waals surface area contributed by atoms with Crippen molar-refractivity contribution in [1.29, 1.82) is 0 Å². The molecule has 0 aliphatic rings. The van der Waals surface area contributed by atoms with Gasteiger partial charge in [-0.05, 0) is 30.5 Å². The molecule has 0 aliphatic heterocycles.